The number of rotatable bonds is 9. The fraction of sp³-hybridized carbons (Fsp3) is 0.444. The maximum Gasteiger partial charge on any atom is 0.341 e. The highest BCUT2D eigenvalue weighted by atomic mass is 16.5. The lowest BCUT2D eigenvalue weighted by molar-refractivity contribution is 0.0526. The van der Waals surface area contributed by atoms with Crippen molar-refractivity contribution >= 4 is 17.0 Å². The van der Waals surface area contributed by atoms with E-state index in [9.17, 15) is 4.79 Å². The second-order valence-electron chi connectivity index (χ2n) is 9.91. The number of hydrogen-bond acceptors (Lipinski definition) is 8. The molecule has 10 heteroatoms. The van der Waals surface area contributed by atoms with Gasteiger partial charge in [0, 0.05) is 18.2 Å². The van der Waals surface area contributed by atoms with Crippen LogP contribution in [-0.4, -0.2) is 55.8 Å². The molecule has 0 spiro atoms. The molecule has 1 saturated carbocycles. The summed E-state index contributed by atoms with van der Waals surface area (Å²) < 4.78 is 20.1. The van der Waals surface area contributed by atoms with Gasteiger partial charge < -0.3 is 14.2 Å². The van der Waals surface area contributed by atoms with Gasteiger partial charge in [-0.15, -0.1) is 0 Å². The largest absolute Gasteiger partial charge is 0.493 e. The summed E-state index contributed by atoms with van der Waals surface area (Å²) >= 11 is 0. The first kappa shape index (κ1) is 23.4. The van der Waals surface area contributed by atoms with Crippen molar-refractivity contribution < 1.29 is 19.0 Å². The van der Waals surface area contributed by atoms with Gasteiger partial charge in [0.15, 0.2) is 5.52 Å². The van der Waals surface area contributed by atoms with Gasteiger partial charge in [-0.25, -0.2) is 14.5 Å². The van der Waals surface area contributed by atoms with Crippen molar-refractivity contribution in [2.75, 3.05) is 20.3 Å². The molecule has 10 nitrogen and oxygen atoms in total. The maximum atomic E-state index is 12.0. The molecule has 0 amide bonds. The molecule has 2 aliphatic rings. The highest BCUT2D eigenvalue weighted by Crippen LogP contribution is 2.47. The van der Waals surface area contributed by atoms with Crippen molar-refractivity contribution in [1.82, 2.24) is 29.5 Å². The normalized spacial score (nSPS) is 15.8. The first-order valence-corrected chi connectivity index (χ1v) is 12.8. The predicted octanol–water partition coefficient (Wildman–Crippen LogP) is 3.94. The number of ether oxygens (including phenoxy) is 3. The minimum absolute atomic E-state index is 0.0535. The van der Waals surface area contributed by atoms with Crippen LogP contribution in [0.5, 0.6) is 11.6 Å². The molecule has 0 N–H and O–H groups in total. The number of benzene rings is 1. The number of fused-ring (bicyclic) bond motifs is 2. The lowest BCUT2D eigenvalue weighted by Gasteiger charge is -2.19. The Morgan fingerprint density at radius 2 is 1.95 bits per heavy atom. The third-order valence-corrected chi connectivity index (χ3v) is 7.18. The predicted molar refractivity (Wildman–Crippen MR) is 135 cm³/mol. The van der Waals surface area contributed by atoms with Gasteiger partial charge in [0.25, 0.3) is 5.95 Å². The summed E-state index contributed by atoms with van der Waals surface area (Å²) in [6.45, 7) is 3.43. The summed E-state index contributed by atoms with van der Waals surface area (Å²) in [6.07, 6.45) is 11.9. The van der Waals surface area contributed by atoms with Crippen LogP contribution < -0.4 is 9.47 Å². The van der Waals surface area contributed by atoms with Crippen LogP contribution in [0.25, 0.3) is 17.0 Å². The van der Waals surface area contributed by atoms with E-state index < -0.39 is 5.97 Å². The topological polar surface area (TPSA) is 106 Å². The number of carbonyl (C=O) groups excluding carboxylic acids is 1. The highest BCUT2D eigenvalue weighted by molar-refractivity contribution is 5.88. The first-order valence-electron chi connectivity index (χ1n) is 12.8. The van der Waals surface area contributed by atoms with Crippen LogP contribution >= 0.6 is 0 Å². The van der Waals surface area contributed by atoms with Gasteiger partial charge in [-0.1, -0.05) is 6.07 Å². The van der Waals surface area contributed by atoms with Crippen molar-refractivity contribution in [3.8, 4) is 17.6 Å². The molecule has 0 saturated heterocycles. The molecule has 4 aromatic rings. The smallest absolute Gasteiger partial charge is 0.341 e. The maximum absolute atomic E-state index is 12.0. The Hall–Kier alpha value is -3.95. The molecule has 3 heterocycles. The van der Waals surface area contributed by atoms with Crippen LogP contribution in [-0.2, 0) is 24.1 Å². The fourth-order valence-corrected chi connectivity index (χ4v) is 4.90. The third kappa shape index (κ3) is 4.75. The molecule has 0 unspecified atom stereocenters. The molecule has 6 rings (SSSR count). The number of methoxy groups -OCH3 is 1. The van der Waals surface area contributed by atoms with Crippen LogP contribution in [0.4, 0.5) is 0 Å². The Balaban J connectivity index is 1.19. The van der Waals surface area contributed by atoms with Crippen LogP contribution in [0, 0.1) is 5.41 Å². The van der Waals surface area contributed by atoms with Crippen LogP contribution in [0.15, 0.2) is 36.8 Å². The highest BCUT2D eigenvalue weighted by Gasteiger charge is 2.44. The average molecular weight is 503 g/mol. The van der Waals surface area contributed by atoms with Gasteiger partial charge in [0.05, 0.1) is 38.3 Å². The molecule has 2 aliphatic carbocycles. The van der Waals surface area contributed by atoms with Gasteiger partial charge in [0.2, 0.25) is 5.88 Å². The Morgan fingerprint density at radius 1 is 1.11 bits per heavy atom. The summed E-state index contributed by atoms with van der Waals surface area (Å²) in [5.41, 5.74) is 4.49. The second kappa shape index (κ2) is 9.49. The van der Waals surface area contributed by atoms with Crippen molar-refractivity contribution in [1.29, 1.82) is 0 Å². The standard InChI is InChI=1S/C27H30N6O4/c1-3-36-25(34)20-13-28-33(14-20)26-29-22-15-32(31-23(22)24(30-26)35-2)16-27(10-11-27)17-37-21-9-8-18-6-4-5-7-19(18)12-21/h8-9,12-15H,3-7,10-11,16-17H2,1-2H3. The molecule has 0 aliphatic heterocycles. The van der Waals surface area contributed by atoms with Crippen molar-refractivity contribution in [2.24, 2.45) is 5.41 Å². The summed E-state index contributed by atoms with van der Waals surface area (Å²) in [5.74, 6) is 1.15. The van der Waals surface area contributed by atoms with E-state index in [4.69, 9.17) is 19.3 Å². The molecular formula is C27H30N6O4. The van der Waals surface area contributed by atoms with E-state index in [0.29, 0.717) is 35.7 Å². The zero-order valence-electron chi connectivity index (χ0n) is 21.1. The van der Waals surface area contributed by atoms with E-state index in [1.54, 1.807) is 20.2 Å². The monoisotopic (exact) mass is 502 g/mol. The number of aryl methyl sites for hydroxylation is 2. The van der Waals surface area contributed by atoms with Crippen LogP contribution in [0.2, 0.25) is 0 Å². The molecule has 37 heavy (non-hydrogen) atoms. The van der Waals surface area contributed by atoms with Crippen molar-refractivity contribution in [3.05, 3.63) is 53.5 Å². The van der Waals surface area contributed by atoms with Gasteiger partial charge in [0.1, 0.15) is 11.3 Å². The lowest BCUT2D eigenvalue weighted by atomic mass is 9.92. The van der Waals surface area contributed by atoms with Crippen LogP contribution in [0.3, 0.4) is 0 Å². The number of carbonyl (C=O) groups is 1. The van der Waals surface area contributed by atoms with Crippen molar-refractivity contribution in [3.63, 3.8) is 0 Å². The molecule has 0 atom stereocenters. The molecule has 3 aromatic heterocycles. The molecular weight excluding hydrogens is 472 g/mol. The van der Waals surface area contributed by atoms with Gasteiger partial charge in [-0.2, -0.15) is 15.2 Å². The summed E-state index contributed by atoms with van der Waals surface area (Å²) in [4.78, 5) is 21.1. The number of aromatic nitrogens is 6. The molecule has 192 valence electrons. The lowest BCUT2D eigenvalue weighted by Crippen LogP contribution is -2.20. The van der Waals surface area contributed by atoms with Gasteiger partial charge in [-0.05, 0) is 68.7 Å². The Morgan fingerprint density at radius 3 is 2.73 bits per heavy atom. The Bertz CT molecular complexity index is 1450. The average Bonchev–Trinajstić information content (AvgIpc) is 3.30. The number of esters is 1. The first-order chi connectivity index (χ1) is 18.1. The van der Waals surface area contributed by atoms with Crippen LogP contribution in [0.1, 0.15) is 54.1 Å². The minimum atomic E-state index is -0.443. The summed E-state index contributed by atoms with van der Waals surface area (Å²) in [5, 5.41) is 8.94. The summed E-state index contributed by atoms with van der Waals surface area (Å²) in [6, 6.07) is 6.55. The Kier molecular flexibility index (Phi) is 6.02. The molecule has 1 fully saturated rings. The Labute approximate surface area is 214 Å². The van der Waals surface area contributed by atoms with E-state index in [1.165, 1.54) is 41.3 Å². The molecule has 0 radical (unpaired) electrons. The number of nitrogens with zero attached hydrogens (tertiary/aromatic N) is 6. The quantitative estimate of drug-likeness (QED) is 0.317. The zero-order chi connectivity index (χ0) is 25.4. The summed E-state index contributed by atoms with van der Waals surface area (Å²) in [7, 11) is 1.55. The third-order valence-electron chi connectivity index (χ3n) is 7.18. The van der Waals surface area contributed by atoms with E-state index in [-0.39, 0.29) is 11.4 Å². The SMILES string of the molecule is CCOC(=O)c1cnn(-c2nc(OC)c3nn(CC4(COc5ccc6c(c5)CCCC6)CC4)cc3n2)c1. The second-order valence-corrected chi connectivity index (χ2v) is 9.91. The van der Waals surface area contributed by atoms with E-state index in [2.05, 4.69) is 33.3 Å². The van der Waals surface area contributed by atoms with E-state index in [0.717, 1.165) is 31.6 Å². The number of hydrogen-bond donors (Lipinski definition) is 0. The van der Waals surface area contributed by atoms with Gasteiger partial charge in [-0.3, -0.25) is 4.68 Å². The molecule has 0 bridgehead atoms. The minimum Gasteiger partial charge on any atom is -0.493 e. The van der Waals surface area contributed by atoms with E-state index >= 15 is 0 Å². The zero-order valence-corrected chi connectivity index (χ0v) is 21.1. The fourth-order valence-electron chi connectivity index (χ4n) is 4.90. The van der Waals surface area contributed by atoms with Crippen molar-refractivity contribution in [2.45, 2.75) is 52.0 Å². The molecule has 1 aromatic carbocycles. The van der Waals surface area contributed by atoms with E-state index in [1.807, 2.05) is 10.9 Å². The van der Waals surface area contributed by atoms with Gasteiger partial charge >= 0.3 is 5.97 Å².